The molecular formula is C19H31FIN3O4. The summed E-state index contributed by atoms with van der Waals surface area (Å²) in [4.78, 5) is 4.38. The van der Waals surface area contributed by atoms with Crippen molar-refractivity contribution in [3.05, 3.63) is 30.1 Å². The molecule has 0 saturated carbocycles. The predicted octanol–water partition coefficient (Wildman–Crippen LogP) is 1.93. The Hall–Kier alpha value is -1.17. The fourth-order valence-electron chi connectivity index (χ4n) is 2.49. The van der Waals surface area contributed by atoms with Crippen LogP contribution in [0.1, 0.15) is 20.3 Å². The van der Waals surface area contributed by atoms with Gasteiger partial charge in [-0.3, -0.25) is 4.99 Å². The Morgan fingerprint density at radius 3 is 2.75 bits per heavy atom. The maximum atomic E-state index is 12.9. The first-order chi connectivity index (χ1) is 13.1. The Labute approximate surface area is 183 Å². The molecule has 3 atom stereocenters. The van der Waals surface area contributed by atoms with Crippen LogP contribution in [0.25, 0.3) is 0 Å². The molecule has 1 aromatic carbocycles. The van der Waals surface area contributed by atoms with Crippen molar-refractivity contribution in [2.45, 2.75) is 38.5 Å². The summed E-state index contributed by atoms with van der Waals surface area (Å²) in [6.45, 7) is 6.91. The second-order valence-electron chi connectivity index (χ2n) is 6.50. The summed E-state index contributed by atoms with van der Waals surface area (Å²) in [5.74, 6) is 0.788. The molecule has 160 valence electrons. The summed E-state index contributed by atoms with van der Waals surface area (Å²) in [7, 11) is 0. The van der Waals surface area contributed by atoms with Gasteiger partial charge in [-0.1, -0.05) is 0 Å². The van der Waals surface area contributed by atoms with Crippen LogP contribution in [0, 0.1) is 5.82 Å². The standard InChI is InChI=1S/C19H30FN3O4.HI/c1-3-21-19(23-14(2)11-26-18-8-9-25-13-18)22-10-16(24)12-27-17-6-4-15(20)5-7-17;/h4-7,14,16,18,24H,3,8-13H2,1-2H3,(H2,21,22,23);1H. The molecule has 1 aliphatic heterocycles. The van der Waals surface area contributed by atoms with Gasteiger partial charge >= 0.3 is 0 Å². The molecule has 3 unspecified atom stereocenters. The molecule has 1 fully saturated rings. The monoisotopic (exact) mass is 511 g/mol. The number of aliphatic hydroxyl groups excluding tert-OH is 1. The summed E-state index contributed by atoms with van der Waals surface area (Å²) < 4.78 is 29.4. The minimum Gasteiger partial charge on any atom is -0.491 e. The van der Waals surface area contributed by atoms with Gasteiger partial charge in [-0.05, 0) is 44.5 Å². The lowest BCUT2D eigenvalue weighted by Crippen LogP contribution is -2.45. The Bertz CT molecular complexity index is 571. The second-order valence-corrected chi connectivity index (χ2v) is 6.50. The van der Waals surface area contributed by atoms with Crippen LogP contribution in [-0.2, 0) is 9.47 Å². The molecule has 1 aromatic rings. The second kappa shape index (κ2) is 13.9. The van der Waals surface area contributed by atoms with Gasteiger partial charge in [-0.15, -0.1) is 24.0 Å². The Kier molecular flexibility index (Phi) is 12.4. The van der Waals surface area contributed by atoms with Gasteiger partial charge in [0.2, 0.25) is 0 Å². The van der Waals surface area contributed by atoms with Crippen molar-refractivity contribution >= 4 is 29.9 Å². The van der Waals surface area contributed by atoms with Crippen molar-refractivity contribution in [3.8, 4) is 5.75 Å². The van der Waals surface area contributed by atoms with Gasteiger partial charge < -0.3 is 30.0 Å². The van der Waals surface area contributed by atoms with Crippen LogP contribution in [0.5, 0.6) is 5.75 Å². The summed E-state index contributed by atoms with van der Waals surface area (Å²) in [5.41, 5.74) is 0. The van der Waals surface area contributed by atoms with Crippen LogP contribution in [0.15, 0.2) is 29.3 Å². The summed E-state index contributed by atoms with van der Waals surface area (Å²) >= 11 is 0. The average Bonchev–Trinajstić information content (AvgIpc) is 3.18. The van der Waals surface area contributed by atoms with E-state index in [2.05, 4.69) is 15.6 Å². The molecule has 28 heavy (non-hydrogen) atoms. The molecule has 1 heterocycles. The fourth-order valence-corrected chi connectivity index (χ4v) is 2.49. The molecule has 0 aromatic heterocycles. The number of nitrogens with zero attached hydrogens (tertiary/aromatic N) is 1. The number of guanidine groups is 1. The van der Waals surface area contributed by atoms with Crippen molar-refractivity contribution in [3.63, 3.8) is 0 Å². The van der Waals surface area contributed by atoms with E-state index in [1.54, 1.807) is 0 Å². The number of aliphatic hydroxyl groups is 1. The van der Waals surface area contributed by atoms with Crippen molar-refractivity contribution < 1.29 is 23.7 Å². The maximum Gasteiger partial charge on any atom is 0.191 e. The minimum atomic E-state index is -0.771. The average molecular weight is 511 g/mol. The lowest BCUT2D eigenvalue weighted by molar-refractivity contribution is 0.0347. The third-order valence-corrected chi connectivity index (χ3v) is 3.91. The molecule has 1 aliphatic rings. The molecule has 0 bridgehead atoms. The number of nitrogens with one attached hydrogen (secondary N) is 2. The van der Waals surface area contributed by atoms with E-state index in [1.807, 2.05) is 13.8 Å². The van der Waals surface area contributed by atoms with Crippen molar-refractivity contribution in [1.29, 1.82) is 0 Å². The van der Waals surface area contributed by atoms with E-state index in [1.165, 1.54) is 24.3 Å². The van der Waals surface area contributed by atoms with E-state index < -0.39 is 6.10 Å². The van der Waals surface area contributed by atoms with Gasteiger partial charge in [0, 0.05) is 19.2 Å². The normalized spacial score (nSPS) is 18.9. The predicted molar refractivity (Wildman–Crippen MR) is 117 cm³/mol. The smallest absolute Gasteiger partial charge is 0.191 e. The zero-order chi connectivity index (χ0) is 19.5. The third-order valence-electron chi connectivity index (χ3n) is 3.91. The van der Waals surface area contributed by atoms with Crippen LogP contribution < -0.4 is 15.4 Å². The Morgan fingerprint density at radius 2 is 2.11 bits per heavy atom. The van der Waals surface area contributed by atoms with E-state index in [4.69, 9.17) is 14.2 Å². The molecular weight excluding hydrogens is 480 g/mol. The number of rotatable bonds is 10. The number of ether oxygens (including phenoxy) is 3. The van der Waals surface area contributed by atoms with Gasteiger partial charge in [-0.25, -0.2) is 4.39 Å². The fraction of sp³-hybridized carbons (Fsp3) is 0.632. The van der Waals surface area contributed by atoms with E-state index >= 15 is 0 Å². The summed E-state index contributed by atoms with van der Waals surface area (Å²) in [5, 5.41) is 16.5. The van der Waals surface area contributed by atoms with E-state index in [-0.39, 0.29) is 55.1 Å². The number of hydrogen-bond donors (Lipinski definition) is 3. The molecule has 2 rings (SSSR count). The first kappa shape index (κ1) is 24.9. The molecule has 3 N–H and O–H groups in total. The molecule has 0 amide bonds. The SMILES string of the molecule is CCNC(=NCC(O)COc1ccc(F)cc1)NC(C)COC1CCOC1.I. The largest absolute Gasteiger partial charge is 0.491 e. The number of aliphatic imine (C=N–C) groups is 1. The van der Waals surface area contributed by atoms with Gasteiger partial charge in [0.15, 0.2) is 5.96 Å². The molecule has 1 saturated heterocycles. The first-order valence-corrected chi connectivity index (χ1v) is 9.37. The molecule has 0 aliphatic carbocycles. The Morgan fingerprint density at radius 1 is 1.36 bits per heavy atom. The van der Waals surface area contributed by atoms with Gasteiger partial charge in [-0.2, -0.15) is 0 Å². The molecule has 0 spiro atoms. The van der Waals surface area contributed by atoms with Crippen LogP contribution in [0.2, 0.25) is 0 Å². The summed E-state index contributed by atoms with van der Waals surface area (Å²) in [6, 6.07) is 5.74. The van der Waals surface area contributed by atoms with Gasteiger partial charge in [0.05, 0.1) is 25.9 Å². The first-order valence-electron chi connectivity index (χ1n) is 9.37. The number of benzene rings is 1. The van der Waals surface area contributed by atoms with Gasteiger partial charge in [0.25, 0.3) is 0 Å². The van der Waals surface area contributed by atoms with E-state index in [9.17, 15) is 9.50 Å². The van der Waals surface area contributed by atoms with Crippen LogP contribution in [0.4, 0.5) is 4.39 Å². The lowest BCUT2D eigenvalue weighted by atomic mass is 10.3. The highest BCUT2D eigenvalue weighted by Gasteiger charge is 2.17. The third kappa shape index (κ3) is 9.85. The van der Waals surface area contributed by atoms with Crippen molar-refractivity contribution in [1.82, 2.24) is 10.6 Å². The number of hydrogen-bond acceptors (Lipinski definition) is 5. The quantitative estimate of drug-likeness (QED) is 0.253. The molecule has 7 nitrogen and oxygen atoms in total. The van der Waals surface area contributed by atoms with Crippen LogP contribution in [-0.4, -0.2) is 68.8 Å². The van der Waals surface area contributed by atoms with Crippen LogP contribution >= 0.6 is 24.0 Å². The summed E-state index contributed by atoms with van der Waals surface area (Å²) in [6.07, 6.45) is 0.327. The van der Waals surface area contributed by atoms with Gasteiger partial charge in [0.1, 0.15) is 24.3 Å². The zero-order valence-electron chi connectivity index (χ0n) is 16.4. The Balaban J connectivity index is 0.00000392. The topological polar surface area (TPSA) is 84.3 Å². The molecule has 9 heteroatoms. The maximum absolute atomic E-state index is 12.9. The zero-order valence-corrected chi connectivity index (χ0v) is 18.7. The van der Waals surface area contributed by atoms with Crippen molar-refractivity contribution in [2.75, 3.05) is 39.5 Å². The van der Waals surface area contributed by atoms with Crippen LogP contribution in [0.3, 0.4) is 0 Å². The van der Waals surface area contributed by atoms with E-state index in [0.29, 0.717) is 31.5 Å². The minimum absolute atomic E-state index is 0. The highest BCUT2D eigenvalue weighted by molar-refractivity contribution is 14.0. The van der Waals surface area contributed by atoms with Crippen molar-refractivity contribution in [2.24, 2.45) is 4.99 Å². The highest BCUT2D eigenvalue weighted by Crippen LogP contribution is 2.11. The number of halogens is 2. The highest BCUT2D eigenvalue weighted by atomic mass is 127. The lowest BCUT2D eigenvalue weighted by Gasteiger charge is -2.20. The van der Waals surface area contributed by atoms with E-state index in [0.717, 1.165) is 13.0 Å². The molecule has 0 radical (unpaired) electrons.